The summed E-state index contributed by atoms with van der Waals surface area (Å²) >= 11 is 8.48. The molecular weight excluding hydrogens is 448 g/mol. The van der Waals surface area contributed by atoms with Gasteiger partial charge in [0.05, 0.1) is 5.69 Å². The zero-order valence-electron chi connectivity index (χ0n) is 14.2. The molecule has 142 valence electrons. The van der Waals surface area contributed by atoms with Gasteiger partial charge < -0.3 is 9.84 Å². The average molecular weight is 461 g/mol. The molecule has 7 nitrogen and oxygen atoms in total. The zero-order chi connectivity index (χ0) is 20.3. The van der Waals surface area contributed by atoms with Gasteiger partial charge in [-0.2, -0.15) is 0 Å². The van der Waals surface area contributed by atoms with Crippen molar-refractivity contribution >= 4 is 62.8 Å². The first-order chi connectivity index (χ1) is 13.4. The van der Waals surface area contributed by atoms with Crippen molar-refractivity contribution in [2.75, 3.05) is 11.5 Å². The Hall–Kier alpha value is -3.04. The molecule has 1 heterocycles. The van der Waals surface area contributed by atoms with Gasteiger partial charge in [-0.3, -0.25) is 19.8 Å². The molecule has 2 amide bonds. The lowest BCUT2D eigenvalue weighted by Gasteiger charge is -2.29. The second-order valence-electron chi connectivity index (χ2n) is 5.65. The lowest BCUT2D eigenvalue weighted by Crippen LogP contribution is -2.54. The first kappa shape index (κ1) is 19.7. The lowest BCUT2D eigenvalue weighted by atomic mass is 10.1. The van der Waals surface area contributed by atoms with Gasteiger partial charge in [0.1, 0.15) is 11.3 Å². The third-order valence-electron chi connectivity index (χ3n) is 3.76. The van der Waals surface area contributed by atoms with Crippen LogP contribution in [-0.4, -0.2) is 34.6 Å². The van der Waals surface area contributed by atoms with Crippen molar-refractivity contribution in [3.63, 3.8) is 0 Å². The monoisotopic (exact) mass is 460 g/mol. The molecule has 1 aliphatic rings. The van der Waals surface area contributed by atoms with Crippen LogP contribution in [0.25, 0.3) is 6.08 Å². The highest BCUT2D eigenvalue weighted by molar-refractivity contribution is 9.10. The van der Waals surface area contributed by atoms with Gasteiger partial charge in [-0.15, -0.1) is 0 Å². The number of carbonyl (C=O) groups excluding carboxylic acids is 2. The van der Waals surface area contributed by atoms with Crippen LogP contribution in [0.15, 0.2) is 58.6 Å². The molecular formula is C19H13BrN2O5S. The third-order valence-corrected chi connectivity index (χ3v) is 4.57. The number of rotatable bonds is 5. The van der Waals surface area contributed by atoms with Gasteiger partial charge in [0.15, 0.2) is 11.7 Å². The summed E-state index contributed by atoms with van der Waals surface area (Å²) in [6.45, 7) is -0.546. The SMILES string of the molecule is O=C(O)COc1ccccc1/C=C1/C(=O)NC(=S)N(c2ccc(Br)cc2)C1=O. The number of carboxylic acids is 1. The number of hydrogen-bond acceptors (Lipinski definition) is 5. The Balaban J connectivity index is 1.98. The number of benzene rings is 2. The molecule has 0 aliphatic carbocycles. The predicted molar refractivity (Wildman–Crippen MR) is 110 cm³/mol. The number of hydrogen-bond donors (Lipinski definition) is 2. The van der Waals surface area contributed by atoms with Crippen LogP contribution in [0.1, 0.15) is 5.56 Å². The van der Waals surface area contributed by atoms with E-state index in [4.69, 9.17) is 22.1 Å². The summed E-state index contributed by atoms with van der Waals surface area (Å²) in [6.07, 6.45) is 1.35. The number of anilines is 1. The Kier molecular flexibility index (Phi) is 5.86. The van der Waals surface area contributed by atoms with E-state index in [9.17, 15) is 14.4 Å². The van der Waals surface area contributed by atoms with Crippen molar-refractivity contribution in [2.24, 2.45) is 0 Å². The summed E-state index contributed by atoms with van der Waals surface area (Å²) in [6, 6.07) is 13.4. The molecule has 0 saturated carbocycles. The van der Waals surface area contributed by atoms with Crippen LogP contribution in [0.4, 0.5) is 5.69 Å². The fourth-order valence-electron chi connectivity index (χ4n) is 2.51. The van der Waals surface area contributed by atoms with Gasteiger partial charge in [0.2, 0.25) is 0 Å². The van der Waals surface area contributed by atoms with Crippen molar-refractivity contribution in [3.8, 4) is 5.75 Å². The van der Waals surface area contributed by atoms with Crippen molar-refractivity contribution in [1.29, 1.82) is 0 Å². The quantitative estimate of drug-likeness (QED) is 0.404. The van der Waals surface area contributed by atoms with Crippen LogP contribution in [0, 0.1) is 0 Å². The number of carbonyl (C=O) groups is 3. The predicted octanol–water partition coefficient (Wildman–Crippen LogP) is 2.74. The summed E-state index contributed by atoms with van der Waals surface area (Å²) < 4.78 is 6.05. The molecule has 0 aromatic heterocycles. The normalized spacial score (nSPS) is 15.5. The van der Waals surface area contributed by atoms with Gasteiger partial charge in [-0.05, 0) is 48.6 Å². The Bertz CT molecular complexity index is 1000. The van der Waals surface area contributed by atoms with E-state index in [1.165, 1.54) is 11.0 Å². The van der Waals surface area contributed by atoms with E-state index >= 15 is 0 Å². The standard InChI is InChI=1S/C19H13BrN2O5S/c20-12-5-7-13(8-6-12)22-18(26)14(17(25)21-19(22)28)9-11-3-1-2-4-15(11)27-10-16(23)24/h1-9H,10H2,(H,23,24)(H,21,25,28)/b14-9-. The molecule has 0 bridgehead atoms. The molecule has 0 unspecified atom stereocenters. The number of halogens is 1. The summed E-state index contributed by atoms with van der Waals surface area (Å²) in [5.74, 6) is -2.14. The Labute approximate surface area is 173 Å². The summed E-state index contributed by atoms with van der Waals surface area (Å²) in [7, 11) is 0. The summed E-state index contributed by atoms with van der Waals surface area (Å²) in [5.41, 5.74) is 0.744. The largest absolute Gasteiger partial charge is 0.481 e. The minimum atomic E-state index is -1.14. The van der Waals surface area contributed by atoms with Gasteiger partial charge in [-0.25, -0.2) is 4.79 Å². The summed E-state index contributed by atoms with van der Waals surface area (Å²) in [5, 5.41) is 11.3. The van der Waals surface area contributed by atoms with E-state index in [-0.39, 0.29) is 16.4 Å². The number of nitrogens with zero attached hydrogens (tertiary/aromatic N) is 1. The van der Waals surface area contributed by atoms with Gasteiger partial charge >= 0.3 is 5.97 Å². The van der Waals surface area contributed by atoms with E-state index in [1.807, 2.05) is 0 Å². The van der Waals surface area contributed by atoms with Crippen LogP contribution >= 0.6 is 28.1 Å². The third kappa shape index (κ3) is 4.26. The van der Waals surface area contributed by atoms with Crippen molar-refractivity contribution in [2.45, 2.75) is 0 Å². The van der Waals surface area contributed by atoms with Gasteiger partial charge in [0, 0.05) is 10.0 Å². The molecule has 28 heavy (non-hydrogen) atoms. The fraction of sp³-hybridized carbons (Fsp3) is 0.0526. The van der Waals surface area contributed by atoms with Crippen molar-refractivity contribution in [1.82, 2.24) is 5.32 Å². The molecule has 1 fully saturated rings. The number of thiocarbonyl (C=S) groups is 1. The average Bonchev–Trinajstić information content (AvgIpc) is 2.65. The van der Waals surface area contributed by atoms with E-state index in [0.29, 0.717) is 11.3 Å². The zero-order valence-corrected chi connectivity index (χ0v) is 16.6. The fourth-order valence-corrected chi connectivity index (χ4v) is 3.05. The first-order valence-corrected chi connectivity index (χ1v) is 9.17. The van der Waals surface area contributed by atoms with Crippen LogP contribution in [-0.2, 0) is 14.4 Å². The lowest BCUT2D eigenvalue weighted by molar-refractivity contribution is -0.139. The number of ether oxygens (including phenoxy) is 1. The second kappa shape index (κ2) is 8.32. The van der Waals surface area contributed by atoms with Crippen molar-refractivity contribution < 1.29 is 24.2 Å². The summed E-state index contributed by atoms with van der Waals surface area (Å²) in [4.78, 5) is 37.3. The van der Waals surface area contributed by atoms with E-state index in [1.54, 1.807) is 48.5 Å². The van der Waals surface area contributed by atoms with E-state index in [0.717, 1.165) is 4.47 Å². The van der Waals surface area contributed by atoms with Crippen LogP contribution < -0.4 is 15.0 Å². The molecule has 0 atom stereocenters. The van der Waals surface area contributed by atoms with Crippen LogP contribution in [0.3, 0.4) is 0 Å². The molecule has 3 rings (SSSR count). The Morgan fingerprint density at radius 2 is 1.86 bits per heavy atom. The number of nitrogens with one attached hydrogen (secondary N) is 1. The van der Waals surface area contributed by atoms with E-state index < -0.39 is 24.4 Å². The van der Waals surface area contributed by atoms with E-state index in [2.05, 4.69) is 21.2 Å². The van der Waals surface area contributed by atoms with Crippen LogP contribution in [0.5, 0.6) is 5.75 Å². The van der Waals surface area contributed by atoms with Crippen molar-refractivity contribution in [3.05, 3.63) is 64.1 Å². The molecule has 0 radical (unpaired) electrons. The molecule has 1 saturated heterocycles. The maximum absolute atomic E-state index is 13.0. The first-order valence-electron chi connectivity index (χ1n) is 7.97. The molecule has 0 spiro atoms. The smallest absolute Gasteiger partial charge is 0.341 e. The van der Waals surface area contributed by atoms with Gasteiger partial charge in [-0.1, -0.05) is 34.1 Å². The second-order valence-corrected chi connectivity index (χ2v) is 6.96. The Morgan fingerprint density at radius 1 is 1.18 bits per heavy atom. The van der Waals surface area contributed by atoms with Crippen LogP contribution in [0.2, 0.25) is 0 Å². The highest BCUT2D eigenvalue weighted by Crippen LogP contribution is 2.26. The Morgan fingerprint density at radius 3 is 2.54 bits per heavy atom. The number of carboxylic acid groups (broad SMARTS) is 1. The highest BCUT2D eigenvalue weighted by Gasteiger charge is 2.34. The number of para-hydroxylation sites is 1. The molecule has 9 heteroatoms. The number of amides is 2. The molecule has 2 aromatic carbocycles. The molecule has 1 aliphatic heterocycles. The molecule has 2 N–H and O–H groups in total. The minimum Gasteiger partial charge on any atom is -0.481 e. The topological polar surface area (TPSA) is 95.9 Å². The highest BCUT2D eigenvalue weighted by atomic mass is 79.9. The maximum Gasteiger partial charge on any atom is 0.341 e. The molecule has 2 aromatic rings. The number of aliphatic carboxylic acids is 1. The maximum atomic E-state index is 13.0. The van der Waals surface area contributed by atoms with Gasteiger partial charge in [0.25, 0.3) is 11.8 Å². The minimum absolute atomic E-state index is 0.0233.